The summed E-state index contributed by atoms with van der Waals surface area (Å²) in [5.74, 6) is 0.982. The molecule has 1 aromatic heterocycles. The summed E-state index contributed by atoms with van der Waals surface area (Å²) in [6.07, 6.45) is 11.2. The molecule has 0 aliphatic heterocycles. The number of pyridine rings is 1. The van der Waals surface area contributed by atoms with Crippen molar-refractivity contribution in [3.05, 3.63) is 24.0 Å². The summed E-state index contributed by atoms with van der Waals surface area (Å²) in [6.45, 7) is 4.04. The first-order valence-electron chi connectivity index (χ1n) is 7.71. The number of rotatable bonds is 6. The molecule has 1 aliphatic carbocycles. The van der Waals surface area contributed by atoms with Crippen LogP contribution in [-0.2, 0) is 6.54 Å². The summed E-state index contributed by atoms with van der Waals surface area (Å²) in [6, 6.07) is 4.06. The summed E-state index contributed by atoms with van der Waals surface area (Å²) < 4.78 is 6.11. The Kier molecular flexibility index (Phi) is 6.15. The van der Waals surface area contributed by atoms with Gasteiger partial charge in [0.15, 0.2) is 0 Å². The fourth-order valence-corrected chi connectivity index (χ4v) is 2.57. The second kappa shape index (κ2) is 8.16. The van der Waals surface area contributed by atoms with Crippen molar-refractivity contribution >= 4 is 0 Å². The molecule has 1 heterocycles. The molecule has 0 radical (unpaired) electrons. The second-order valence-electron chi connectivity index (χ2n) is 5.39. The van der Waals surface area contributed by atoms with Gasteiger partial charge in [-0.1, -0.05) is 19.8 Å². The summed E-state index contributed by atoms with van der Waals surface area (Å²) >= 11 is 0. The van der Waals surface area contributed by atoms with Crippen molar-refractivity contribution < 1.29 is 4.74 Å². The van der Waals surface area contributed by atoms with Crippen LogP contribution in [0.3, 0.4) is 0 Å². The van der Waals surface area contributed by atoms with E-state index in [1.165, 1.54) is 38.5 Å². The summed E-state index contributed by atoms with van der Waals surface area (Å²) in [4.78, 5) is 4.38. The van der Waals surface area contributed by atoms with E-state index in [0.717, 1.165) is 31.0 Å². The minimum atomic E-state index is 0.404. The van der Waals surface area contributed by atoms with Gasteiger partial charge in [-0.2, -0.15) is 0 Å². The lowest BCUT2D eigenvalue weighted by Crippen LogP contribution is -2.17. The Morgan fingerprint density at radius 3 is 2.79 bits per heavy atom. The van der Waals surface area contributed by atoms with Crippen LogP contribution in [0.5, 0.6) is 5.75 Å². The SMILES string of the molecule is CCCNCc1cc(OC2CCCCCC2)ccn1. The highest BCUT2D eigenvalue weighted by molar-refractivity contribution is 5.22. The lowest BCUT2D eigenvalue weighted by atomic mass is 10.1. The molecule has 2 rings (SSSR count). The van der Waals surface area contributed by atoms with Crippen LogP contribution in [0.15, 0.2) is 18.3 Å². The number of ether oxygens (including phenoxy) is 1. The van der Waals surface area contributed by atoms with Crippen molar-refractivity contribution in [3.63, 3.8) is 0 Å². The molecule has 1 N–H and O–H groups in total. The van der Waals surface area contributed by atoms with Crippen molar-refractivity contribution in [3.8, 4) is 5.75 Å². The molecule has 3 heteroatoms. The molecule has 1 fully saturated rings. The Bertz CT molecular complexity index is 360. The molecule has 0 saturated heterocycles. The third kappa shape index (κ3) is 5.19. The highest BCUT2D eigenvalue weighted by Crippen LogP contribution is 2.22. The Morgan fingerprint density at radius 1 is 1.26 bits per heavy atom. The minimum absolute atomic E-state index is 0.404. The average molecular weight is 262 g/mol. The van der Waals surface area contributed by atoms with Gasteiger partial charge in [-0.15, -0.1) is 0 Å². The van der Waals surface area contributed by atoms with Crippen LogP contribution >= 0.6 is 0 Å². The highest BCUT2D eigenvalue weighted by Gasteiger charge is 2.13. The summed E-state index contributed by atoms with van der Waals surface area (Å²) in [5.41, 5.74) is 1.07. The van der Waals surface area contributed by atoms with Crippen molar-refractivity contribution in [2.75, 3.05) is 6.54 Å². The smallest absolute Gasteiger partial charge is 0.123 e. The maximum absolute atomic E-state index is 6.11. The second-order valence-corrected chi connectivity index (χ2v) is 5.39. The predicted octanol–water partition coefficient (Wildman–Crippen LogP) is 3.68. The van der Waals surface area contributed by atoms with E-state index in [-0.39, 0.29) is 0 Å². The third-order valence-corrected chi connectivity index (χ3v) is 3.63. The Morgan fingerprint density at radius 2 is 2.05 bits per heavy atom. The topological polar surface area (TPSA) is 34.1 Å². The zero-order chi connectivity index (χ0) is 13.3. The molecular weight excluding hydrogens is 236 g/mol. The van der Waals surface area contributed by atoms with Gasteiger partial charge in [-0.25, -0.2) is 0 Å². The van der Waals surface area contributed by atoms with Gasteiger partial charge in [-0.05, 0) is 44.7 Å². The van der Waals surface area contributed by atoms with Gasteiger partial charge < -0.3 is 10.1 Å². The fraction of sp³-hybridized carbons (Fsp3) is 0.688. The average Bonchev–Trinajstić information content (AvgIpc) is 2.68. The van der Waals surface area contributed by atoms with Crippen LogP contribution < -0.4 is 10.1 Å². The van der Waals surface area contributed by atoms with E-state index in [0.29, 0.717) is 6.10 Å². The number of aromatic nitrogens is 1. The molecule has 0 bridgehead atoms. The van der Waals surface area contributed by atoms with Gasteiger partial charge in [-0.3, -0.25) is 4.98 Å². The molecule has 0 unspecified atom stereocenters. The van der Waals surface area contributed by atoms with E-state index < -0.39 is 0 Å². The number of nitrogens with zero attached hydrogens (tertiary/aromatic N) is 1. The molecule has 1 aromatic rings. The fourth-order valence-electron chi connectivity index (χ4n) is 2.57. The first kappa shape index (κ1) is 14.3. The quantitative estimate of drug-likeness (QED) is 0.627. The third-order valence-electron chi connectivity index (χ3n) is 3.63. The van der Waals surface area contributed by atoms with Gasteiger partial charge in [0.25, 0.3) is 0 Å². The van der Waals surface area contributed by atoms with Gasteiger partial charge in [0.05, 0.1) is 11.8 Å². The first-order valence-corrected chi connectivity index (χ1v) is 7.71. The van der Waals surface area contributed by atoms with Crippen molar-refractivity contribution in [2.24, 2.45) is 0 Å². The Balaban J connectivity index is 1.86. The van der Waals surface area contributed by atoms with Crippen LogP contribution in [0, 0.1) is 0 Å². The summed E-state index contributed by atoms with van der Waals surface area (Å²) in [5, 5.41) is 3.37. The molecule has 0 aromatic carbocycles. The van der Waals surface area contributed by atoms with Gasteiger partial charge >= 0.3 is 0 Å². The van der Waals surface area contributed by atoms with Crippen LogP contribution in [0.4, 0.5) is 0 Å². The van der Waals surface area contributed by atoms with Gasteiger partial charge in [0, 0.05) is 18.8 Å². The number of hydrogen-bond acceptors (Lipinski definition) is 3. The summed E-state index contributed by atoms with van der Waals surface area (Å²) in [7, 11) is 0. The van der Waals surface area contributed by atoms with Crippen LogP contribution in [0.25, 0.3) is 0 Å². The van der Waals surface area contributed by atoms with Crippen LogP contribution in [-0.4, -0.2) is 17.6 Å². The maximum Gasteiger partial charge on any atom is 0.123 e. The molecule has 1 aliphatic rings. The zero-order valence-electron chi connectivity index (χ0n) is 12.0. The van der Waals surface area contributed by atoms with Crippen LogP contribution in [0.1, 0.15) is 57.6 Å². The van der Waals surface area contributed by atoms with E-state index >= 15 is 0 Å². The lowest BCUT2D eigenvalue weighted by Gasteiger charge is -2.17. The highest BCUT2D eigenvalue weighted by atomic mass is 16.5. The minimum Gasteiger partial charge on any atom is -0.490 e. The van der Waals surface area contributed by atoms with E-state index in [2.05, 4.69) is 23.3 Å². The monoisotopic (exact) mass is 262 g/mol. The van der Waals surface area contributed by atoms with Crippen molar-refractivity contribution in [1.82, 2.24) is 10.3 Å². The molecule has 0 spiro atoms. The molecule has 0 atom stereocenters. The van der Waals surface area contributed by atoms with Crippen molar-refractivity contribution in [1.29, 1.82) is 0 Å². The van der Waals surface area contributed by atoms with E-state index in [9.17, 15) is 0 Å². The Hall–Kier alpha value is -1.09. The molecule has 0 amide bonds. The largest absolute Gasteiger partial charge is 0.490 e. The molecule has 3 nitrogen and oxygen atoms in total. The molecule has 1 saturated carbocycles. The Labute approximate surface area is 116 Å². The van der Waals surface area contributed by atoms with Gasteiger partial charge in [0.2, 0.25) is 0 Å². The van der Waals surface area contributed by atoms with Gasteiger partial charge in [0.1, 0.15) is 5.75 Å². The van der Waals surface area contributed by atoms with Crippen LogP contribution in [0.2, 0.25) is 0 Å². The predicted molar refractivity (Wildman–Crippen MR) is 78.4 cm³/mol. The number of nitrogens with one attached hydrogen (secondary N) is 1. The van der Waals surface area contributed by atoms with E-state index in [4.69, 9.17) is 4.74 Å². The van der Waals surface area contributed by atoms with Crippen molar-refractivity contribution in [2.45, 2.75) is 64.5 Å². The maximum atomic E-state index is 6.11. The lowest BCUT2D eigenvalue weighted by molar-refractivity contribution is 0.183. The first-order chi connectivity index (χ1) is 9.38. The van der Waals surface area contributed by atoms with E-state index in [1.54, 1.807) is 0 Å². The van der Waals surface area contributed by atoms with E-state index in [1.807, 2.05) is 12.3 Å². The normalized spacial score (nSPS) is 17.1. The molecular formula is C16H26N2O. The zero-order valence-corrected chi connectivity index (χ0v) is 12.0. The molecule has 106 valence electrons. The standard InChI is InChI=1S/C16H26N2O/c1-2-10-17-13-14-12-16(9-11-18-14)19-15-7-5-3-4-6-8-15/h9,11-12,15,17H,2-8,10,13H2,1H3. The number of hydrogen-bond donors (Lipinski definition) is 1. The molecule has 19 heavy (non-hydrogen) atoms.